The maximum atomic E-state index is 17.3. The highest BCUT2D eigenvalue weighted by Gasteiger charge is 2.45. The van der Waals surface area contributed by atoms with E-state index in [-0.39, 0.29) is 45.2 Å². The molecule has 0 radical (unpaired) electrons. The minimum Gasteiger partial charge on any atom is -0.461 e. The summed E-state index contributed by atoms with van der Waals surface area (Å²) in [7, 11) is 3.12. The zero-order chi connectivity index (χ0) is 34.1. The summed E-state index contributed by atoms with van der Waals surface area (Å²) in [6.45, 7) is 6.87. The van der Waals surface area contributed by atoms with Crippen molar-refractivity contribution in [2.75, 3.05) is 58.3 Å². The second kappa shape index (κ2) is 11.8. The van der Waals surface area contributed by atoms with E-state index in [0.717, 1.165) is 58.3 Å². The van der Waals surface area contributed by atoms with Gasteiger partial charge in [0.2, 0.25) is 0 Å². The Bertz CT molecular complexity index is 2050. The molecule has 0 bridgehead atoms. The highest BCUT2D eigenvalue weighted by atomic mass is 19.1. The number of benzene rings is 2. The lowest BCUT2D eigenvalue weighted by molar-refractivity contribution is 0.107. The number of anilines is 1. The SMILES string of the molecule is C#Cc1c(F)ccc2cc(OC(=O)N(C)C)cc(-c3nc4c5c(nc(OCC67CCCN6CCC7)nc5c3F)N3CCNCC3(C)CC4)c12. The fraction of sp³-hybridized carbons (Fsp3) is 0.459. The monoisotopic (exact) mass is 667 g/mol. The number of terminal acetylenes is 1. The number of amides is 1. The third-order valence-electron chi connectivity index (χ3n) is 10.9. The number of carbonyl (C=O) groups is 1. The quantitative estimate of drug-likeness (QED) is 0.285. The minimum atomic E-state index is -0.711. The predicted octanol–water partition coefficient (Wildman–Crippen LogP) is 5.29. The van der Waals surface area contributed by atoms with Crippen LogP contribution in [-0.2, 0) is 6.42 Å². The van der Waals surface area contributed by atoms with E-state index >= 15 is 8.78 Å². The van der Waals surface area contributed by atoms with Gasteiger partial charge in [-0.1, -0.05) is 12.0 Å². The zero-order valence-electron chi connectivity index (χ0n) is 28.0. The summed E-state index contributed by atoms with van der Waals surface area (Å²) >= 11 is 0. The van der Waals surface area contributed by atoms with Gasteiger partial charge in [0.05, 0.1) is 27.7 Å². The first-order chi connectivity index (χ1) is 23.6. The van der Waals surface area contributed by atoms with Crippen molar-refractivity contribution in [2.24, 2.45) is 0 Å². The van der Waals surface area contributed by atoms with Crippen molar-refractivity contribution in [3.05, 3.63) is 47.2 Å². The first-order valence-corrected chi connectivity index (χ1v) is 17.0. The van der Waals surface area contributed by atoms with Crippen LogP contribution in [0.25, 0.3) is 32.9 Å². The summed E-state index contributed by atoms with van der Waals surface area (Å²) in [6, 6.07) is 5.98. The van der Waals surface area contributed by atoms with Gasteiger partial charge < -0.3 is 24.6 Å². The van der Waals surface area contributed by atoms with E-state index in [1.807, 2.05) is 0 Å². The lowest BCUT2D eigenvalue weighted by atomic mass is 9.92. The lowest BCUT2D eigenvalue weighted by Crippen LogP contribution is -2.60. The number of halogens is 2. The normalized spacial score (nSPS) is 21.3. The van der Waals surface area contributed by atoms with Gasteiger partial charge in [-0.2, -0.15) is 9.97 Å². The molecule has 10 nitrogen and oxygen atoms in total. The number of aromatic nitrogens is 3. The molecule has 4 aliphatic rings. The molecule has 2 aromatic carbocycles. The molecule has 8 rings (SSSR count). The highest BCUT2D eigenvalue weighted by Crippen LogP contribution is 2.44. The molecule has 1 unspecified atom stereocenters. The van der Waals surface area contributed by atoms with Crippen LogP contribution in [0.1, 0.15) is 50.3 Å². The molecule has 0 aliphatic carbocycles. The summed E-state index contributed by atoms with van der Waals surface area (Å²) in [4.78, 5) is 33.3. The van der Waals surface area contributed by atoms with Crippen LogP contribution in [0.2, 0.25) is 0 Å². The van der Waals surface area contributed by atoms with E-state index in [2.05, 4.69) is 28.0 Å². The Labute approximate surface area is 283 Å². The molecular formula is C37H39F2N7O3. The molecule has 3 saturated heterocycles. The number of piperazine rings is 1. The van der Waals surface area contributed by atoms with E-state index in [4.69, 9.17) is 30.8 Å². The number of aryl methyl sites for hydroxylation is 1. The van der Waals surface area contributed by atoms with E-state index in [9.17, 15) is 4.79 Å². The van der Waals surface area contributed by atoms with E-state index in [0.29, 0.717) is 47.2 Å². The molecular weight excluding hydrogens is 628 g/mol. The molecule has 0 saturated carbocycles. The molecule has 12 heteroatoms. The van der Waals surface area contributed by atoms with Crippen LogP contribution < -0.4 is 19.7 Å². The van der Waals surface area contributed by atoms with Gasteiger partial charge in [0, 0.05) is 44.7 Å². The lowest BCUT2D eigenvalue weighted by Gasteiger charge is -2.45. The van der Waals surface area contributed by atoms with Crippen LogP contribution in [0.4, 0.5) is 19.4 Å². The van der Waals surface area contributed by atoms with Crippen molar-refractivity contribution in [3.63, 3.8) is 0 Å². The Hall–Kier alpha value is -4.60. The molecule has 3 fully saturated rings. The Balaban J connectivity index is 1.35. The van der Waals surface area contributed by atoms with Gasteiger partial charge in [0.25, 0.3) is 0 Å². The van der Waals surface area contributed by atoms with Gasteiger partial charge in [-0.3, -0.25) is 4.90 Å². The van der Waals surface area contributed by atoms with E-state index in [1.165, 1.54) is 23.1 Å². The van der Waals surface area contributed by atoms with Gasteiger partial charge >= 0.3 is 12.1 Å². The van der Waals surface area contributed by atoms with Crippen LogP contribution in [0.3, 0.4) is 0 Å². The van der Waals surface area contributed by atoms with Crippen molar-refractivity contribution in [1.82, 2.24) is 30.1 Å². The second-order valence-electron chi connectivity index (χ2n) is 14.2. The smallest absolute Gasteiger partial charge is 0.414 e. The van der Waals surface area contributed by atoms with Crippen LogP contribution in [0.5, 0.6) is 11.8 Å². The van der Waals surface area contributed by atoms with Crippen LogP contribution in [-0.4, -0.2) is 95.3 Å². The molecule has 49 heavy (non-hydrogen) atoms. The number of hydrogen-bond acceptors (Lipinski definition) is 9. The van der Waals surface area contributed by atoms with E-state index < -0.39 is 17.7 Å². The molecule has 4 aliphatic heterocycles. The Morgan fingerprint density at radius 2 is 1.88 bits per heavy atom. The van der Waals surface area contributed by atoms with Crippen molar-refractivity contribution in [2.45, 2.75) is 56.5 Å². The van der Waals surface area contributed by atoms with Crippen molar-refractivity contribution >= 4 is 33.6 Å². The fourth-order valence-corrected chi connectivity index (χ4v) is 8.36. The summed E-state index contributed by atoms with van der Waals surface area (Å²) < 4.78 is 44.6. The fourth-order valence-electron chi connectivity index (χ4n) is 8.36. The Morgan fingerprint density at radius 1 is 1.08 bits per heavy atom. The van der Waals surface area contributed by atoms with Gasteiger partial charge in [-0.25, -0.2) is 18.6 Å². The van der Waals surface area contributed by atoms with Gasteiger partial charge in [0.15, 0.2) is 5.82 Å². The maximum absolute atomic E-state index is 17.3. The van der Waals surface area contributed by atoms with Crippen molar-refractivity contribution < 1.29 is 23.0 Å². The van der Waals surface area contributed by atoms with Crippen molar-refractivity contribution in [3.8, 4) is 35.4 Å². The first kappa shape index (κ1) is 31.7. The summed E-state index contributed by atoms with van der Waals surface area (Å²) in [5.41, 5.74) is 0.443. The number of hydrogen-bond donors (Lipinski definition) is 1. The third kappa shape index (κ3) is 5.13. The van der Waals surface area contributed by atoms with Gasteiger partial charge in [0.1, 0.15) is 35.2 Å². The van der Waals surface area contributed by atoms with Crippen LogP contribution >= 0.6 is 0 Å². The molecule has 1 N–H and O–H groups in total. The van der Waals surface area contributed by atoms with Gasteiger partial charge in [-0.05, 0) is 82.1 Å². The average molecular weight is 668 g/mol. The minimum absolute atomic E-state index is 0.0368. The molecule has 254 valence electrons. The number of pyridine rings is 1. The number of fused-ring (bicyclic) bond motifs is 4. The number of ether oxygens (including phenoxy) is 2. The summed E-state index contributed by atoms with van der Waals surface area (Å²) in [5.74, 6) is 1.86. The molecule has 0 spiro atoms. The number of rotatable bonds is 5. The van der Waals surface area contributed by atoms with Gasteiger partial charge in [-0.15, -0.1) is 6.42 Å². The van der Waals surface area contributed by atoms with Crippen molar-refractivity contribution in [1.29, 1.82) is 0 Å². The summed E-state index contributed by atoms with van der Waals surface area (Å²) in [5, 5.41) is 4.82. The zero-order valence-corrected chi connectivity index (χ0v) is 28.0. The van der Waals surface area contributed by atoms with Crippen LogP contribution in [0.15, 0.2) is 24.3 Å². The Kier molecular flexibility index (Phi) is 7.61. The van der Waals surface area contributed by atoms with Crippen LogP contribution in [0, 0.1) is 24.0 Å². The molecule has 2 aromatic heterocycles. The molecule has 6 heterocycles. The number of nitrogens with one attached hydrogen (secondary N) is 1. The molecule has 1 atom stereocenters. The number of nitrogens with zero attached hydrogens (tertiary/aromatic N) is 6. The topological polar surface area (TPSA) is 95.9 Å². The Morgan fingerprint density at radius 3 is 2.63 bits per heavy atom. The second-order valence-corrected chi connectivity index (χ2v) is 14.2. The molecule has 4 aromatic rings. The largest absolute Gasteiger partial charge is 0.461 e. The highest BCUT2D eigenvalue weighted by molar-refractivity contribution is 6.04. The number of carbonyl (C=O) groups excluding carboxylic acids is 1. The standard InChI is InChI=1S/C37H39F2N7O3/c1-5-24-26(38)9-8-22-18-23(49-35(47)44(3)4)19-25(28(22)24)31-30(39)32-29-27(41-31)10-13-36(2)20-40-14-17-46(36)33(29)43-34(42-32)48-21-37-11-6-15-45(37)16-7-12-37/h1,8-9,18-19,40H,6-7,10-17,20-21H2,2-4H3. The third-order valence-corrected chi connectivity index (χ3v) is 10.9. The summed E-state index contributed by atoms with van der Waals surface area (Å²) in [6.07, 6.45) is 10.8. The molecule has 1 amide bonds. The average Bonchev–Trinajstić information content (AvgIpc) is 3.64. The first-order valence-electron chi connectivity index (χ1n) is 17.0. The van der Waals surface area contributed by atoms with E-state index in [1.54, 1.807) is 20.2 Å². The predicted molar refractivity (Wildman–Crippen MR) is 183 cm³/mol. The maximum Gasteiger partial charge on any atom is 0.414 e.